The van der Waals surface area contributed by atoms with Crippen molar-refractivity contribution in [3.8, 4) is 11.6 Å². The normalized spacial score (nSPS) is 10.9. The van der Waals surface area contributed by atoms with E-state index in [-0.39, 0.29) is 17.2 Å². The molecule has 2 N–H and O–H groups in total. The lowest BCUT2D eigenvalue weighted by Gasteiger charge is -2.12. The average molecular weight is 432 g/mol. The molecule has 2 aromatic rings. The van der Waals surface area contributed by atoms with Gasteiger partial charge in [0.05, 0.1) is 5.56 Å². The Morgan fingerprint density at radius 1 is 1.17 bits per heavy atom. The van der Waals surface area contributed by atoms with Crippen LogP contribution in [-0.2, 0) is 11.2 Å². The Labute approximate surface area is 169 Å². The molecule has 0 aliphatic rings. The van der Waals surface area contributed by atoms with Crippen molar-refractivity contribution in [3.05, 3.63) is 52.7 Å². The van der Waals surface area contributed by atoms with Crippen molar-refractivity contribution >= 4 is 23.4 Å². The fraction of sp³-hybridized carbons (Fsp3) is 0.278. The van der Waals surface area contributed by atoms with E-state index in [1.165, 1.54) is 0 Å². The van der Waals surface area contributed by atoms with E-state index < -0.39 is 30.5 Å². The molecule has 0 bridgehead atoms. The Bertz CT molecular complexity index is 878. The molecule has 1 heterocycles. The highest BCUT2D eigenvalue weighted by molar-refractivity contribution is 6.32. The number of aromatic nitrogens is 1. The number of nitrogens with one attached hydrogen (secondary N) is 2. The summed E-state index contributed by atoms with van der Waals surface area (Å²) in [7, 11) is 0. The highest BCUT2D eigenvalue weighted by Crippen LogP contribution is 2.25. The molecule has 0 atom stereocenters. The number of carbonyl (C=O) groups excluding carboxylic acids is 2. The van der Waals surface area contributed by atoms with Gasteiger partial charge in [0, 0.05) is 6.20 Å². The monoisotopic (exact) mass is 431 g/mol. The molecule has 0 fully saturated rings. The molecule has 1 aromatic heterocycles. The first-order valence-electron chi connectivity index (χ1n) is 8.34. The van der Waals surface area contributed by atoms with Gasteiger partial charge in [0.15, 0.2) is 13.2 Å². The molecule has 0 spiro atoms. The number of carbonyl (C=O) groups is 2. The van der Waals surface area contributed by atoms with Gasteiger partial charge in [-0.1, -0.05) is 36.7 Å². The zero-order valence-corrected chi connectivity index (χ0v) is 15.9. The summed E-state index contributed by atoms with van der Waals surface area (Å²) >= 11 is 5.77. The maximum Gasteiger partial charge on any atom is 0.422 e. The molecule has 156 valence electrons. The van der Waals surface area contributed by atoms with Crippen LogP contribution < -0.4 is 20.3 Å². The minimum absolute atomic E-state index is 0.0908. The highest BCUT2D eigenvalue weighted by atomic mass is 35.5. The number of alkyl halides is 3. The second kappa shape index (κ2) is 9.97. The molecule has 1 aromatic carbocycles. The molecule has 0 saturated carbocycles. The van der Waals surface area contributed by atoms with Crippen LogP contribution in [0.4, 0.5) is 13.2 Å². The van der Waals surface area contributed by atoms with Gasteiger partial charge in [-0.25, -0.2) is 4.98 Å². The fourth-order valence-corrected chi connectivity index (χ4v) is 2.34. The lowest BCUT2D eigenvalue weighted by atomic mass is 10.1. The number of nitrogens with zero attached hydrogens (tertiary/aromatic N) is 1. The van der Waals surface area contributed by atoms with Gasteiger partial charge in [0.1, 0.15) is 10.8 Å². The van der Waals surface area contributed by atoms with Crippen molar-refractivity contribution in [3.63, 3.8) is 0 Å². The van der Waals surface area contributed by atoms with Gasteiger partial charge in [-0.05, 0) is 24.1 Å². The average Bonchev–Trinajstić information content (AvgIpc) is 2.68. The molecule has 0 saturated heterocycles. The SMILES string of the molecule is CCc1ccccc1OCC(=O)NNC(=O)c1cnc(OCC(F)(F)F)c(Cl)c1. The van der Waals surface area contributed by atoms with Crippen LogP contribution in [0.1, 0.15) is 22.8 Å². The number of pyridine rings is 1. The van der Waals surface area contributed by atoms with Gasteiger partial charge in [-0.15, -0.1) is 0 Å². The van der Waals surface area contributed by atoms with E-state index >= 15 is 0 Å². The first-order chi connectivity index (χ1) is 13.7. The molecule has 0 radical (unpaired) electrons. The Morgan fingerprint density at radius 2 is 1.90 bits per heavy atom. The van der Waals surface area contributed by atoms with Crippen LogP contribution in [0.3, 0.4) is 0 Å². The lowest BCUT2D eigenvalue weighted by molar-refractivity contribution is -0.154. The van der Waals surface area contributed by atoms with Crippen LogP contribution in [0.15, 0.2) is 36.5 Å². The Balaban J connectivity index is 1.85. The predicted octanol–water partition coefficient (Wildman–Crippen LogP) is 3.08. The van der Waals surface area contributed by atoms with Crippen LogP contribution in [0.2, 0.25) is 5.02 Å². The maximum atomic E-state index is 12.2. The zero-order valence-electron chi connectivity index (χ0n) is 15.2. The van der Waals surface area contributed by atoms with E-state index in [9.17, 15) is 22.8 Å². The van der Waals surface area contributed by atoms with Gasteiger partial charge in [-0.2, -0.15) is 13.2 Å². The summed E-state index contributed by atoms with van der Waals surface area (Å²) in [5, 5.41) is -0.285. The number of hydrazine groups is 1. The molecule has 7 nitrogen and oxygen atoms in total. The third-order valence-corrected chi connectivity index (χ3v) is 3.74. The number of para-hydroxylation sites is 1. The summed E-state index contributed by atoms with van der Waals surface area (Å²) in [5.74, 6) is -1.30. The summed E-state index contributed by atoms with van der Waals surface area (Å²) in [5.41, 5.74) is 5.12. The number of ether oxygens (including phenoxy) is 2. The summed E-state index contributed by atoms with van der Waals surface area (Å²) in [6.45, 7) is 0.0457. The van der Waals surface area contributed by atoms with Crippen LogP contribution in [0.5, 0.6) is 11.6 Å². The van der Waals surface area contributed by atoms with E-state index in [1.807, 2.05) is 19.1 Å². The largest absolute Gasteiger partial charge is 0.483 e. The minimum Gasteiger partial charge on any atom is -0.483 e. The number of hydrogen-bond donors (Lipinski definition) is 2. The van der Waals surface area contributed by atoms with Crippen molar-refractivity contribution < 1.29 is 32.2 Å². The third kappa shape index (κ3) is 7.15. The van der Waals surface area contributed by atoms with Crippen LogP contribution >= 0.6 is 11.6 Å². The molecule has 29 heavy (non-hydrogen) atoms. The third-order valence-electron chi connectivity index (χ3n) is 3.47. The molecule has 0 aliphatic carbocycles. The van der Waals surface area contributed by atoms with Crippen molar-refractivity contribution in [2.75, 3.05) is 13.2 Å². The summed E-state index contributed by atoms with van der Waals surface area (Å²) in [6.07, 6.45) is -2.86. The molecular weight excluding hydrogens is 415 g/mol. The molecule has 2 rings (SSSR count). The predicted molar refractivity (Wildman–Crippen MR) is 97.7 cm³/mol. The van der Waals surface area contributed by atoms with E-state index in [4.69, 9.17) is 16.3 Å². The summed E-state index contributed by atoms with van der Waals surface area (Å²) in [4.78, 5) is 27.4. The van der Waals surface area contributed by atoms with Crippen molar-refractivity contribution in [2.45, 2.75) is 19.5 Å². The second-order valence-electron chi connectivity index (χ2n) is 5.67. The van der Waals surface area contributed by atoms with Crippen LogP contribution in [0, 0.1) is 0 Å². The first-order valence-corrected chi connectivity index (χ1v) is 8.72. The smallest absolute Gasteiger partial charge is 0.422 e. The van der Waals surface area contributed by atoms with Crippen LogP contribution in [-0.4, -0.2) is 36.2 Å². The van der Waals surface area contributed by atoms with Gasteiger partial charge < -0.3 is 9.47 Å². The Morgan fingerprint density at radius 3 is 2.55 bits per heavy atom. The number of hydrogen-bond acceptors (Lipinski definition) is 5. The van der Waals surface area contributed by atoms with E-state index in [0.717, 1.165) is 24.2 Å². The molecule has 11 heteroatoms. The van der Waals surface area contributed by atoms with Gasteiger partial charge in [0.25, 0.3) is 11.8 Å². The van der Waals surface area contributed by atoms with Crippen molar-refractivity contribution in [1.29, 1.82) is 0 Å². The minimum atomic E-state index is -4.55. The molecular formula is C18H17ClF3N3O4. The highest BCUT2D eigenvalue weighted by Gasteiger charge is 2.29. The molecule has 0 aliphatic heterocycles. The number of aryl methyl sites for hydroxylation is 1. The maximum absolute atomic E-state index is 12.2. The van der Waals surface area contributed by atoms with Gasteiger partial charge in [-0.3, -0.25) is 20.4 Å². The fourth-order valence-electron chi connectivity index (χ4n) is 2.12. The van der Waals surface area contributed by atoms with E-state index in [0.29, 0.717) is 5.75 Å². The number of halogens is 4. The number of rotatable bonds is 7. The number of benzene rings is 1. The lowest BCUT2D eigenvalue weighted by Crippen LogP contribution is -2.43. The van der Waals surface area contributed by atoms with Gasteiger partial charge in [0.2, 0.25) is 5.88 Å². The standard InChI is InChI=1S/C18H17ClF3N3O4/c1-2-11-5-3-4-6-14(11)28-9-15(26)24-25-16(27)12-7-13(19)17(23-8-12)29-10-18(20,21)22/h3-8H,2,9-10H2,1H3,(H,24,26)(H,25,27). The summed E-state index contributed by atoms with van der Waals surface area (Å²) < 4.78 is 46.3. The number of amides is 2. The zero-order chi connectivity index (χ0) is 21.4. The molecule has 0 unspecified atom stereocenters. The van der Waals surface area contributed by atoms with Crippen molar-refractivity contribution in [2.24, 2.45) is 0 Å². The summed E-state index contributed by atoms with van der Waals surface area (Å²) in [6, 6.07) is 8.28. The van der Waals surface area contributed by atoms with Gasteiger partial charge >= 0.3 is 6.18 Å². The van der Waals surface area contributed by atoms with Crippen molar-refractivity contribution in [1.82, 2.24) is 15.8 Å². The topological polar surface area (TPSA) is 89.6 Å². The molecule has 2 amide bonds. The van der Waals surface area contributed by atoms with Crippen LogP contribution in [0.25, 0.3) is 0 Å². The van der Waals surface area contributed by atoms with E-state index in [2.05, 4.69) is 20.6 Å². The Hall–Kier alpha value is -3.01. The second-order valence-corrected chi connectivity index (χ2v) is 6.07. The first kappa shape index (κ1) is 22.3. The quantitative estimate of drug-likeness (QED) is 0.658. The van der Waals surface area contributed by atoms with E-state index in [1.54, 1.807) is 12.1 Å². The Kier molecular flexibility index (Phi) is 7.66.